The second kappa shape index (κ2) is 11.7. The lowest BCUT2D eigenvalue weighted by Crippen LogP contribution is -2.51. The van der Waals surface area contributed by atoms with E-state index in [4.69, 9.17) is 10.9 Å². The van der Waals surface area contributed by atoms with E-state index >= 15 is 0 Å². The summed E-state index contributed by atoms with van der Waals surface area (Å²) >= 11 is 0. The molecule has 8 nitrogen and oxygen atoms in total. The van der Waals surface area contributed by atoms with Gasteiger partial charge in [0, 0.05) is 36.3 Å². The minimum Gasteiger partial charge on any atom is -0.391 e. The van der Waals surface area contributed by atoms with E-state index in [9.17, 15) is 14.7 Å². The molecule has 158 valence electrons. The predicted octanol–water partition coefficient (Wildman–Crippen LogP) is 0.119. The molecule has 8 heteroatoms. The molecule has 0 saturated heterocycles. The van der Waals surface area contributed by atoms with Crippen molar-refractivity contribution in [2.75, 3.05) is 13.1 Å². The Bertz CT molecular complexity index is 917. The lowest BCUT2D eigenvalue weighted by molar-refractivity contribution is -0.133. The van der Waals surface area contributed by atoms with Crippen molar-refractivity contribution in [3.05, 3.63) is 70.8 Å². The van der Waals surface area contributed by atoms with Crippen molar-refractivity contribution < 1.29 is 19.9 Å². The van der Waals surface area contributed by atoms with Crippen LogP contribution in [0, 0.1) is 11.8 Å². The van der Waals surface area contributed by atoms with Crippen molar-refractivity contribution in [1.29, 1.82) is 0 Å². The van der Waals surface area contributed by atoms with Gasteiger partial charge in [-0.3, -0.25) is 14.8 Å². The third kappa shape index (κ3) is 6.69. The molecule has 0 saturated carbocycles. The van der Waals surface area contributed by atoms with Crippen LogP contribution in [0.1, 0.15) is 34.0 Å². The van der Waals surface area contributed by atoms with Gasteiger partial charge < -0.3 is 21.5 Å². The van der Waals surface area contributed by atoms with Gasteiger partial charge in [-0.1, -0.05) is 30.0 Å². The van der Waals surface area contributed by atoms with Crippen molar-refractivity contribution >= 4 is 11.8 Å². The fraction of sp³-hybridized carbons (Fsp3) is 0.273. The number of rotatable bonds is 8. The zero-order chi connectivity index (χ0) is 21.9. The van der Waals surface area contributed by atoms with Gasteiger partial charge in [0.25, 0.3) is 11.8 Å². The van der Waals surface area contributed by atoms with Gasteiger partial charge in [0.1, 0.15) is 6.04 Å². The van der Waals surface area contributed by atoms with Crippen molar-refractivity contribution in [3.63, 3.8) is 0 Å². The molecule has 0 bridgehead atoms. The maximum absolute atomic E-state index is 12.3. The number of hydroxylamine groups is 1. The standard InChI is InChI=1S/C22H26N4O4/c1-15(27)20(22(29)26-30)25-21(28)18-10-7-16(8-11-18)6-9-17-4-2-3-5-19(17)14-24-13-12-23/h2-5,7-8,10-11,15,20,24,27,30H,12-14,23H2,1H3,(H,25,28)(H,26,29)/t15-,20+/m1/s1. The molecule has 0 fully saturated rings. The highest BCUT2D eigenvalue weighted by Gasteiger charge is 2.25. The summed E-state index contributed by atoms with van der Waals surface area (Å²) in [5.74, 6) is 4.75. The number of amides is 2. The molecule has 2 amide bonds. The molecule has 2 aromatic rings. The minimum atomic E-state index is -1.27. The SMILES string of the molecule is C[C@@H](O)[C@H](NC(=O)c1ccc(C#Cc2ccccc2CNCCN)cc1)C(=O)NO. The Morgan fingerprint density at radius 1 is 1.10 bits per heavy atom. The van der Waals surface area contributed by atoms with E-state index in [2.05, 4.69) is 22.5 Å². The number of nitrogens with one attached hydrogen (secondary N) is 3. The fourth-order valence-electron chi connectivity index (χ4n) is 2.67. The molecular formula is C22H26N4O4. The molecule has 2 aromatic carbocycles. The number of hydrogen-bond donors (Lipinski definition) is 6. The first kappa shape index (κ1) is 23.1. The van der Waals surface area contributed by atoms with Gasteiger partial charge in [0.15, 0.2) is 0 Å². The van der Waals surface area contributed by atoms with Crippen LogP contribution < -0.4 is 21.8 Å². The Morgan fingerprint density at radius 3 is 2.43 bits per heavy atom. The van der Waals surface area contributed by atoms with Crippen LogP contribution in [0.5, 0.6) is 0 Å². The van der Waals surface area contributed by atoms with Crippen molar-refractivity contribution in [2.24, 2.45) is 5.73 Å². The largest absolute Gasteiger partial charge is 0.391 e. The lowest BCUT2D eigenvalue weighted by atomic mass is 10.1. The molecule has 0 aliphatic carbocycles. The van der Waals surface area contributed by atoms with Crippen LogP contribution in [0.25, 0.3) is 0 Å². The van der Waals surface area contributed by atoms with Crippen LogP contribution in [-0.2, 0) is 11.3 Å². The molecule has 2 atom stereocenters. The van der Waals surface area contributed by atoms with Crippen LogP contribution in [-0.4, -0.2) is 47.4 Å². The summed E-state index contributed by atoms with van der Waals surface area (Å²) in [5, 5.41) is 24.0. The van der Waals surface area contributed by atoms with Crippen LogP contribution >= 0.6 is 0 Å². The summed E-state index contributed by atoms with van der Waals surface area (Å²) in [5.41, 5.74) is 9.91. The highest BCUT2D eigenvalue weighted by Crippen LogP contribution is 2.09. The number of carbonyl (C=O) groups excluding carboxylic acids is 2. The molecule has 0 aliphatic rings. The molecule has 0 radical (unpaired) electrons. The third-order valence-electron chi connectivity index (χ3n) is 4.30. The minimum absolute atomic E-state index is 0.295. The van der Waals surface area contributed by atoms with E-state index in [1.165, 1.54) is 12.4 Å². The molecule has 0 spiro atoms. The summed E-state index contributed by atoms with van der Waals surface area (Å²) in [6.45, 7) is 3.30. The van der Waals surface area contributed by atoms with Crippen molar-refractivity contribution in [3.8, 4) is 11.8 Å². The van der Waals surface area contributed by atoms with E-state index in [1.54, 1.807) is 24.3 Å². The maximum atomic E-state index is 12.3. The fourth-order valence-corrected chi connectivity index (χ4v) is 2.67. The molecule has 2 rings (SSSR count). The van der Waals surface area contributed by atoms with Gasteiger partial charge in [-0.15, -0.1) is 0 Å². The van der Waals surface area contributed by atoms with Crippen LogP contribution in [0.2, 0.25) is 0 Å². The zero-order valence-electron chi connectivity index (χ0n) is 16.7. The summed E-state index contributed by atoms with van der Waals surface area (Å²) in [4.78, 5) is 23.8. The molecule has 0 unspecified atom stereocenters. The molecule has 0 aliphatic heterocycles. The second-order valence-corrected chi connectivity index (χ2v) is 6.62. The highest BCUT2D eigenvalue weighted by atomic mass is 16.5. The van der Waals surface area contributed by atoms with Gasteiger partial charge in [-0.25, -0.2) is 5.48 Å². The van der Waals surface area contributed by atoms with Crippen molar-refractivity contribution in [2.45, 2.75) is 25.6 Å². The molecule has 0 heterocycles. The monoisotopic (exact) mass is 410 g/mol. The van der Waals surface area contributed by atoms with Crippen LogP contribution in [0.15, 0.2) is 48.5 Å². The van der Waals surface area contributed by atoms with Crippen LogP contribution in [0.4, 0.5) is 0 Å². The number of nitrogens with two attached hydrogens (primary N) is 1. The maximum Gasteiger partial charge on any atom is 0.268 e. The Balaban J connectivity index is 2.09. The number of carbonyl (C=O) groups is 2. The number of benzene rings is 2. The van der Waals surface area contributed by atoms with Gasteiger partial charge in [0.05, 0.1) is 6.10 Å². The predicted molar refractivity (Wildman–Crippen MR) is 112 cm³/mol. The van der Waals surface area contributed by atoms with E-state index in [0.717, 1.165) is 23.2 Å². The quantitative estimate of drug-likeness (QED) is 0.158. The number of aliphatic hydroxyl groups is 1. The molecular weight excluding hydrogens is 384 g/mol. The van der Waals surface area contributed by atoms with E-state index < -0.39 is 24.0 Å². The van der Waals surface area contributed by atoms with Crippen LogP contribution in [0.3, 0.4) is 0 Å². The smallest absolute Gasteiger partial charge is 0.268 e. The second-order valence-electron chi connectivity index (χ2n) is 6.62. The van der Waals surface area contributed by atoms with E-state index in [1.807, 2.05) is 24.3 Å². The Hall–Kier alpha value is -3.22. The molecule has 7 N–H and O–H groups in total. The third-order valence-corrected chi connectivity index (χ3v) is 4.30. The van der Waals surface area contributed by atoms with Gasteiger partial charge in [-0.05, 0) is 42.8 Å². The Kier molecular flexibility index (Phi) is 9.00. The zero-order valence-corrected chi connectivity index (χ0v) is 16.7. The summed E-state index contributed by atoms with van der Waals surface area (Å²) < 4.78 is 0. The van der Waals surface area contributed by atoms with E-state index in [-0.39, 0.29) is 0 Å². The lowest BCUT2D eigenvalue weighted by Gasteiger charge is -2.19. The summed E-state index contributed by atoms with van der Waals surface area (Å²) in [6, 6.07) is 13.1. The first-order chi connectivity index (χ1) is 14.5. The molecule has 0 aromatic heterocycles. The van der Waals surface area contributed by atoms with Gasteiger partial charge >= 0.3 is 0 Å². The Labute approximate surface area is 175 Å². The highest BCUT2D eigenvalue weighted by molar-refractivity contribution is 5.97. The first-order valence-electron chi connectivity index (χ1n) is 9.50. The van der Waals surface area contributed by atoms with Crippen molar-refractivity contribution in [1.82, 2.24) is 16.1 Å². The summed E-state index contributed by atoms with van der Waals surface area (Å²) in [7, 11) is 0. The van der Waals surface area contributed by atoms with E-state index in [0.29, 0.717) is 18.7 Å². The summed E-state index contributed by atoms with van der Waals surface area (Å²) in [6.07, 6.45) is -1.18. The topological polar surface area (TPSA) is 137 Å². The molecule has 30 heavy (non-hydrogen) atoms. The number of hydrogen-bond acceptors (Lipinski definition) is 6. The Morgan fingerprint density at radius 2 is 1.80 bits per heavy atom. The average Bonchev–Trinajstić information content (AvgIpc) is 2.76. The van der Waals surface area contributed by atoms with Gasteiger partial charge in [-0.2, -0.15) is 0 Å². The normalized spacial score (nSPS) is 12.3. The first-order valence-corrected chi connectivity index (χ1v) is 9.50. The number of aliphatic hydroxyl groups excluding tert-OH is 1. The average molecular weight is 410 g/mol. The van der Waals surface area contributed by atoms with Gasteiger partial charge in [0.2, 0.25) is 0 Å².